The predicted octanol–water partition coefficient (Wildman–Crippen LogP) is 1.71. The third kappa shape index (κ3) is 1.47. The lowest BCUT2D eigenvalue weighted by Gasteiger charge is -2.01. The second-order valence-corrected chi connectivity index (χ2v) is 3.21. The Balaban J connectivity index is 2.43. The van der Waals surface area contributed by atoms with Gasteiger partial charge in [-0.1, -0.05) is 0 Å². The van der Waals surface area contributed by atoms with E-state index in [0.29, 0.717) is 28.2 Å². The molecule has 0 spiro atoms. The lowest BCUT2D eigenvalue weighted by Crippen LogP contribution is -1.93. The van der Waals surface area contributed by atoms with Crippen molar-refractivity contribution in [3.8, 4) is 17.2 Å². The Morgan fingerprint density at radius 3 is 3.08 bits per heavy atom. The highest BCUT2D eigenvalue weighted by Crippen LogP contribution is 2.41. The molecular formula is C8H5BrO4. The molecule has 0 fully saturated rings. The van der Waals surface area contributed by atoms with Crippen LogP contribution >= 0.6 is 15.9 Å². The maximum Gasteiger partial charge on any atom is 0.298 e. The van der Waals surface area contributed by atoms with Crippen molar-refractivity contribution < 1.29 is 19.0 Å². The number of halogens is 1. The molecular weight excluding hydrogens is 240 g/mol. The van der Waals surface area contributed by atoms with Crippen molar-refractivity contribution >= 4 is 22.4 Å². The molecule has 1 aliphatic rings. The molecule has 0 saturated heterocycles. The van der Waals surface area contributed by atoms with E-state index < -0.39 is 0 Å². The first-order valence-electron chi connectivity index (χ1n) is 3.50. The molecule has 0 unspecified atom stereocenters. The van der Waals surface area contributed by atoms with E-state index in [4.69, 9.17) is 9.47 Å². The van der Waals surface area contributed by atoms with Gasteiger partial charge >= 0.3 is 0 Å². The standard InChI is InChI=1S/C8H5BrO4/c9-6-1-5(11-3-10)2-7-8(6)13-4-12-7/h1-3H,4H2. The first-order valence-corrected chi connectivity index (χ1v) is 4.30. The second kappa shape index (κ2) is 3.26. The second-order valence-electron chi connectivity index (χ2n) is 2.35. The topological polar surface area (TPSA) is 44.8 Å². The molecule has 0 amide bonds. The number of benzene rings is 1. The number of fused-ring (bicyclic) bond motifs is 1. The number of rotatable bonds is 2. The van der Waals surface area contributed by atoms with Crippen molar-refractivity contribution in [1.29, 1.82) is 0 Å². The van der Waals surface area contributed by atoms with Crippen LogP contribution in [0.4, 0.5) is 0 Å². The van der Waals surface area contributed by atoms with E-state index in [2.05, 4.69) is 20.7 Å². The van der Waals surface area contributed by atoms with Crippen molar-refractivity contribution in [3.05, 3.63) is 16.6 Å². The van der Waals surface area contributed by atoms with Gasteiger partial charge < -0.3 is 14.2 Å². The van der Waals surface area contributed by atoms with Crippen molar-refractivity contribution in [3.63, 3.8) is 0 Å². The largest absolute Gasteiger partial charge is 0.453 e. The van der Waals surface area contributed by atoms with Gasteiger partial charge in [-0.2, -0.15) is 0 Å². The zero-order chi connectivity index (χ0) is 9.26. The molecule has 0 saturated carbocycles. The summed E-state index contributed by atoms with van der Waals surface area (Å²) in [5, 5.41) is 0. The fourth-order valence-corrected chi connectivity index (χ4v) is 1.60. The molecule has 0 atom stereocenters. The lowest BCUT2D eigenvalue weighted by atomic mass is 10.3. The molecule has 4 nitrogen and oxygen atoms in total. The van der Waals surface area contributed by atoms with Gasteiger partial charge in [-0.05, 0) is 22.0 Å². The Morgan fingerprint density at radius 2 is 2.31 bits per heavy atom. The third-order valence-corrected chi connectivity index (χ3v) is 2.17. The fraction of sp³-hybridized carbons (Fsp3) is 0.125. The molecule has 0 aromatic heterocycles. The van der Waals surface area contributed by atoms with E-state index in [1.165, 1.54) is 0 Å². The summed E-state index contributed by atoms with van der Waals surface area (Å²) in [5.41, 5.74) is 0. The molecule has 0 bridgehead atoms. The van der Waals surface area contributed by atoms with Gasteiger partial charge in [-0.3, -0.25) is 4.79 Å². The van der Waals surface area contributed by atoms with Gasteiger partial charge in [0.05, 0.1) is 4.47 Å². The van der Waals surface area contributed by atoms with Crippen LogP contribution in [0.15, 0.2) is 16.6 Å². The highest BCUT2D eigenvalue weighted by Gasteiger charge is 2.18. The number of hydrogen-bond acceptors (Lipinski definition) is 4. The van der Waals surface area contributed by atoms with E-state index in [1.807, 2.05) is 0 Å². The maximum absolute atomic E-state index is 10.1. The predicted molar refractivity (Wildman–Crippen MR) is 47.0 cm³/mol. The summed E-state index contributed by atoms with van der Waals surface area (Å²) in [5.74, 6) is 1.63. The molecule has 13 heavy (non-hydrogen) atoms. The van der Waals surface area contributed by atoms with Crippen LogP contribution in [0.2, 0.25) is 0 Å². The molecule has 5 heteroatoms. The van der Waals surface area contributed by atoms with Crippen LogP contribution in [0.5, 0.6) is 17.2 Å². The van der Waals surface area contributed by atoms with Gasteiger partial charge in [0, 0.05) is 6.07 Å². The SMILES string of the molecule is O=COc1cc(Br)c2c(c1)OCO2. The Bertz CT molecular complexity index is 350. The third-order valence-electron chi connectivity index (χ3n) is 1.58. The maximum atomic E-state index is 10.1. The van der Waals surface area contributed by atoms with E-state index in [1.54, 1.807) is 12.1 Å². The Hall–Kier alpha value is -1.23. The summed E-state index contributed by atoms with van der Waals surface area (Å²) in [4.78, 5) is 10.1. The molecule has 1 heterocycles. The van der Waals surface area contributed by atoms with Gasteiger partial charge in [0.1, 0.15) is 5.75 Å². The van der Waals surface area contributed by atoms with Gasteiger partial charge in [0.2, 0.25) is 6.79 Å². The van der Waals surface area contributed by atoms with E-state index in [9.17, 15) is 4.79 Å². The van der Waals surface area contributed by atoms with Gasteiger partial charge in [0.15, 0.2) is 11.5 Å². The summed E-state index contributed by atoms with van der Waals surface area (Å²) in [6.45, 7) is 0.558. The minimum Gasteiger partial charge on any atom is -0.453 e. The smallest absolute Gasteiger partial charge is 0.298 e. The fourth-order valence-electron chi connectivity index (χ4n) is 1.07. The molecule has 2 rings (SSSR count). The molecule has 1 aliphatic heterocycles. The van der Waals surface area contributed by atoms with Crippen molar-refractivity contribution in [2.24, 2.45) is 0 Å². The van der Waals surface area contributed by atoms with Crippen molar-refractivity contribution in [2.45, 2.75) is 0 Å². The van der Waals surface area contributed by atoms with Gasteiger partial charge in [0.25, 0.3) is 6.47 Å². The molecule has 0 N–H and O–H groups in total. The molecule has 0 radical (unpaired) electrons. The number of ether oxygens (including phenoxy) is 3. The van der Waals surface area contributed by atoms with Crippen molar-refractivity contribution in [1.82, 2.24) is 0 Å². The molecule has 0 aliphatic carbocycles. The lowest BCUT2D eigenvalue weighted by molar-refractivity contribution is -0.120. The average molecular weight is 245 g/mol. The van der Waals surface area contributed by atoms with Crippen LogP contribution in [0.25, 0.3) is 0 Å². The molecule has 68 valence electrons. The summed E-state index contributed by atoms with van der Waals surface area (Å²) in [6.07, 6.45) is 0. The summed E-state index contributed by atoms with van der Waals surface area (Å²) in [7, 11) is 0. The van der Waals surface area contributed by atoms with Gasteiger partial charge in [-0.25, -0.2) is 0 Å². The van der Waals surface area contributed by atoms with Crippen LogP contribution in [-0.4, -0.2) is 13.3 Å². The summed E-state index contributed by atoms with van der Waals surface area (Å²) < 4.78 is 15.6. The Morgan fingerprint density at radius 1 is 1.46 bits per heavy atom. The first kappa shape index (κ1) is 8.37. The number of hydrogen-bond donors (Lipinski definition) is 0. The van der Waals surface area contributed by atoms with Crippen LogP contribution in [0.3, 0.4) is 0 Å². The van der Waals surface area contributed by atoms with Crippen LogP contribution in [-0.2, 0) is 4.79 Å². The zero-order valence-electron chi connectivity index (χ0n) is 6.45. The highest BCUT2D eigenvalue weighted by atomic mass is 79.9. The molecule has 1 aromatic rings. The monoisotopic (exact) mass is 244 g/mol. The van der Waals surface area contributed by atoms with E-state index in [0.717, 1.165) is 0 Å². The first-order chi connectivity index (χ1) is 6.31. The van der Waals surface area contributed by atoms with Crippen LogP contribution in [0, 0.1) is 0 Å². The average Bonchev–Trinajstić information content (AvgIpc) is 2.53. The Kier molecular flexibility index (Phi) is 2.10. The Labute approximate surface area is 82.5 Å². The minimum absolute atomic E-state index is 0.193. The minimum atomic E-state index is 0.193. The van der Waals surface area contributed by atoms with E-state index in [-0.39, 0.29) is 6.79 Å². The zero-order valence-corrected chi connectivity index (χ0v) is 8.04. The van der Waals surface area contributed by atoms with Gasteiger partial charge in [-0.15, -0.1) is 0 Å². The number of carbonyl (C=O) groups excluding carboxylic acids is 1. The van der Waals surface area contributed by atoms with Crippen LogP contribution in [0.1, 0.15) is 0 Å². The van der Waals surface area contributed by atoms with Crippen LogP contribution < -0.4 is 14.2 Å². The summed E-state index contributed by atoms with van der Waals surface area (Å²) in [6, 6.07) is 3.24. The summed E-state index contributed by atoms with van der Waals surface area (Å²) >= 11 is 3.27. The highest BCUT2D eigenvalue weighted by molar-refractivity contribution is 9.10. The molecule has 1 aromatic carbocycles. The number of carbonyl (C=O) groups is 1. The normalized spacial score (nSPS) is 12.7. The van der Waals surface area contributed by atoms with Crippen molar-refractivity contribution in [2.75, 3.05) is 6.79 Å². The quantitative estimate of drug-likeness (QED) is 0.744. The van der Waals surface area contributed by atoms with E-state index >= 15 is 0 Å².